The number of thioether (sulfide) groups is 1. The summed E-state index contributed by atoms with van der Waals surface area (Å²) in [5.41, 5.74) is 0.567. The van der Waals surface area contributed by atoms with Crippen molar-refractivity contribution in [2.24, 2.45) is 0 Å². The van der Waals surface area contributed by atoms with E-state index in [0.29, 0.717) is 12.1 Å². The first kappa shape index (κ1) is 15.1. The molecule has 0 unspecified atom stereocenters. The number of anilines is 1. The predicted molar refractivity (Wildman–Crippen MR) is 81.7 cm³/mol. The molecule has 0 radical (unpaired) electrons. The SMILES string of the molecule is CCc1c(O)nc(SCC(=O)Nc2ccccc2)[nH]c1=O. The Morgan fingerprint density at radius 3 is 2.71 bits per heavy atom. The zero-order valence-electron chi connectivity index (χ0n) is 11.4. The summed E-state index contributed by atoms with van der Waals surface area (Å²) < 4.78 is 0. The molecule has 0 aliphatic rings. The molecule has 0 aliphatic heterocycles. The molecule has 1 heterocycles. The number of rotatable bonds is 5. The Bertz CT molecular complexity index is 686. The number of aromatic amines is 1. The molecule has 21 heavy (non-hydrogen) atoms. The zero-order chi connectivity index (χ0) is 15.2. The molecule has 0 saturated carbocycles. The van der Waals surface area contributed by atoms with Crippen LogP contribution < -0.4 is 10.9 Å². The average molecular weight is 305 g/mol. The molecule has 0 bridgehead atoms. The molecule has 0 saturated heterocycles. The Labute approximate surface area is 125 Å². The first-order valence-corrected chi connectivity index (χ1v) is 7.38. The molecule has 0 spiro atoms. The maximum atomic E-state index is 11.8. The van der Waals surface area contributed by atoms with Crippen molar-refractivity contribution < 1.29 is 9.90 Å². The van der Waals surface area contributed by atoms with Crippen molar-refractivity contribution in [2.75, 3.05) is 11.1 Å². The number of aromatic hydroxyl groups is 1. The lowest BCUT2D eigenvalue weighted by Crippen LogP contribution is -2.17. The van der Waals surface area contributed by atoms with E-state index in [0.717, 1.165) is 11.8 Å². The topological polar surface area (TPSA) is 95.1 Å². The summed E-state index contributed by atoms with van der Waals surface area (Å²) in [6.07, 6.45) is 0.396. The van der Waals surface area contributed by atoms with Crippen molar-refractivity contribution in [3.8, 4) is 5.88 Å². The van der Waals surface area contributed by atoms with E-state index in [1.165, 1.54) is 0 Å². The molecule has 7 heteroatoms. The first-order valence-electron chi connectivity index (χ1n) is 6.40. The van der Waals surface area contributed by atoms with E-state index in [4.69, 9.17) is 0 Å². The van der Waals surface area contributed by atoms with Crippen LogP contribution in [0.3, 0.4) is 0 Å². The lowest BCUT2D eigenvalue weighted by atomic mass is 10.2. The van der Waals surface area contributed by atoms with Crippen LogP contribution in [0, 0.1) is 0 Å². The van der Waals surface area contributed by atoms with Crippen molar-refractivity contribution in [3.63, 3.8) is 0 Å². The van der Waals surface area contributed by atoms with Crippen LogP contribution in [0.4, 0.5) is 5.69 Å². The summed E-state index contributed by atoms with van der Waals surface area (Å²) in [6, 6.07) is 9.07. The smallest absolute Gasteiger partial charge is 0.258 e. The summed E-state index contributed by atoms with van der Waals surface area (Å²) in [7, 11) is 0. The third-order valence-electron chi connectivity index (χ3n) is 2.72. The van der Waals surface area contributed by atoms with Gasteiger partial charge in [-0.05, 0) is 18.6 Å². The highest BCUT2D eigenvalue weighted by Gasteiger charge is 2.10. The molecule has 0 atom stereocenters. The lowest BCUT2D eigenvalue weighted by Gasteiger charge is -2.05. The van der Waals surface area contributed by atoms with Gasteiger partial charge in [0.05, 0.1) is 11.3 Å². The van der Waals surface area contributed by atoms with Crippen LogP contribution >= 0.6 is 11.8 Å². The molecule has 110 valence electrons. The number of hydrogen-bond acceptors (Lipinski definition) is 5. The van der Waals surface area contributed by atoms with Gasteiger partial charge in [-0.1, -0.05) is 36.9 Å². The summed E-state index contributed by atoms with van der Waals surface area (Å²) in [6.45, 7) is 1.76. The van der Waals surface area contributed by atoms with E-state index in [1.54, 1.807) is 19.1 Å². The van der Waals surface area contributed by atoms with Crippen molar-refractivity contribution in [2.45, 2.75) is 18.5 Å². The molecule has 3 N–H and O–H groups in total. The monoisotopic (exact) mass is 305 g/mol. The minimum Gasteiger partial charge on any atom is -0.493 e. The quantitative estimate of drug-likeness (QED) is 0.578. The number of carbonyl (C=O) groups is 1. The minimum atomic E-state index is -0.379. The number of nitrogens with zero attached hydrogens (tertiary/aromatic N) is 1. The number of H-pyrrole nitrogens is 1. The minimum absolute atomic E-state index is 0.0861. The molecular weight excluding hydrogens is 290 g/mol. The Kier molecular flexibility index (Phi) is 4.99. The molecule has 0 aliphatic carbocycles. The van der Waals surface area contributed by atoms with E-state index in [2.05, 4.69) is 15.3 Å². The van der Waals surface area contributed by atoms with Crippen molar-refractivity contribution in [3.05, 3.63) is 46.2 Å². The van der Waals surface area contributed by atoms with Gasteiger partial charge in [-0.15, -0.1) is 0 Å². The van der Waals surface area contributed by atoms with Gasteiger partial charge in [0.2, 0.25) is 11.8 Å². The van der Waals surface area contributed by atoms with Gasteiger partial charge in [0.15, 0.2) is 5.16 Å². The normalized spacial score (nSPS) is 10.3. The maximum absolute atomic E-state index is 11.8. The van der Waals surface area contributed by atoms with E-state index in [-0.39, 0.29) is 33.8 Å². The first-order chi connectivity index (χ1) is 10.1. The summed E-state index contributed by atoms with van der Waals surface area (Å²) in [5.74, 6) is -0.414. The second kappa shape index (κ2) is 6.94. The van der Waals surface area contributed by atoms with Crippen LogP contribution in [0.15, 0.2) is 40.3 Å². The highest BCUT2D eigenvalue weighted by molar-refractivity contribution is 7.99. The van der Waals surface area contributed by atoms with E-state index in [1.807, 2.05) is 18.2 Å². The van der Waals surface area contributed by atoms with Crippen LogP contribution in [-0.4, -0.2) is 26.7 Å². The van der Waals surface area contributed by atoms with Crippen LogP contribution in [0.25, 0.3) is 0 Å². The Hall–Kier alpha value is -2.28. The van der Waals surface area contributed by atoms with Crippen molar-refractivity contribution in [1.29, 1.82) is 0 Å². The van der Waals surface area contributed by atoms with E-state index >= 15 is 0 Å². The van der Waals surface area contributed by atoms with Gasteiger partial charge in [-0.25, -0.2) is 0 Å². The third kappa shape index (κ3) is 4.09. The van der Waals surface area contributed by atoms with Crippen LogP contribution in [0.1, 0.15) is 12.5 Å². The van der Waals surface area contributed by atoms with E-state index < -0.39 is 0 Å². The predicted octanol–water partition coefficient (Wildman–Crippen LogP) is 1.77. The lowest BCUT2D eigenvalue weighted by molar-refractivity contribution is -0.113. The molecule has 0 fully saturated rings. The number of hydrogen-bond donors (Lipinski definition) is 3. The number of aromatic nitrogens is 2. The van der Waals surface area contributed by atoms with Gasteiger partial charge in [0, 0.05) is 5.69 Å². The Morgan fingerprint density at radius 2 is 2.10 bits per heavy atom. The molecule has 1 amide bonds. The maximum Gasteiger partial charge on any atom is 0.258 e. The highest BCUT2D eigenvalue weighted by atomic mass is 32.2. The third-order valence-corrected chi connectivity index (χ3v) is 3.60. The van der Waals surface area contributed by atoms with Crippen molar-refractivity contribution >= 4 is 23.4 Å². The van der Waals surface area contributed by atoms with Crippen molar-refractivity contribution in [1.82, 2.24) is 9.97 Å². The molecule has 1 aromatic heterocycles. The van der Waals surface area contributed by atoms with Gasteiger partial charge in [-0.3, -0.25) is 9.59 Å². The largest absolute Gasteiger partial charge is 0.493 e. The molecular formula is C14H15N3O3S. The van der Waals surface area contributed by atoms with Gasteiger partial charge < -0.3 is 15.4 Å². The fraction of sp³-hybridized carbons (Fsp3) is 0.214. The number of para-hydroxylation sites is 1. The van der Waals surface area contributed by atoms with Gasteiger partial charge >= 0.3 is 0 Å². The van der Waals surface area contributed by atoms with E-state index in [9.17, 15) is 14.7 Å². The van der Waals surface area contributed by atoms with Crippen LogP contribution in [0.2, 0.25) is 0 Å². The number of benzene rings is 1. The number of amides is 1. The molecule has 2 aromatic rings. The van der Waals surface area contributed by atoms with Gasteiger partial charge in [0.1, 0.15) is 0 Å². The summed E-state index contributed by atoms with van der Waals surface area (Å²) in [4.78, 5) is 29.8. The molecule has 2 rings (SSSR count). The number of nitrogens with one attached hydrogen (secondary N) is 2. The Balaban J connectivity index is 1.97. The summed E-state index contributed by atoms with van der Waals surface area (Å²) >= 11 is 1.06. The highest BCUT2D eigenvalue weighted by Crippen LogP contribution is 2.17. The summed E-state index contributed by atoms with van der Waals surface area (Å²) in [5, 5.41) is 12.6. The molecule has 1 aromatic carbocycles. The van der Waals surface area contributed by atoms with Crippen LogP contribution in [-0.2, 0) is 11.2 Å². The van der Waals surface area contributed by atoms with Gasteiger partial charge in [-0.2, -0.15) is 4.98 Å². The standard InChI is InChI=1S/C14H15N3O3S/c1-2-10-12(19)16-14(17-13(10)20)21-8-11(18)15-9-6-4-3-5-7-9/h3-7H,2,8H2,1H3,(H,15,18)(H2,16,17,19,20). The number of carbonyl (C=O) groups excluding carboxylic acids is 1. The fourth-order valence-corrected chi connectivity index (χ4v) is 2.36. The van der Waals surface area contributed by atoms with Crippen LogP contribution in [0.5, 0.6) is 5.88 Å². The van der Waals surface area contributed by atoms with Gasteiger partial charge in [0.25, 0.3) is 5.56 Å². The second-order valence-corrected chi connectivity index (χ2v) is 5.19. The Morgan fingerprint density at radius 1 is 1.38 bits per heavy atom. The second-order valence-electron chi connectivity index (χ2n) is 4.23. The molecule has 6 nitrogen and oxygen atoms in total. The zero-order valence-corrected chi connectivity index (χ0v) is 12.2. The average Bonchev–Trinajstić information content (AvgIpc) is 2.46. The fourth-order valence-electron chi connectivity index (χ4n) is 1.71.